The Balaban J connectivity index is 2.33. The maximum atomic E-state index is 14.2. The van der Waals surface area contributed by atoms with Crippen LogP contribution in [0.25, 0.3) is 0 Å². The molecule has 4 heteroatoms. The molecule has 116 valence electrons. The van der Waals surface area contributed by atoms with Gasteiger partial charge in [0.15, 0.2) is 0 Å². The van der Waals surface area contributed by atoms with E-state index < -0.39 is 11.2 Å². The number of likely N-dealkylation sites (tertiary alicyclic amines) is 1. The lowest BCUT2D eigenvalue weighted by Crippen LogP contribution is -2.45. The fourth-order valence-corrected chi connectivity index (χ4v) is 3.49. The topological polar surface area (TPSA) is 20.3 Å². The van der Waals surface area contributed by atoms with Gasteiger partial charge in [-0.15, -0.1) is 0 Å². The highest BCUT2D eigenvalue weighted by Gasteiger charge is 2.43. The number of rotatable bonds is 2. The minimum atomic E-state index is -0.899. The van der Waals surface area contributed by atoms with Crippen LogP contribution in [0.5, 0.6) is 0 Å². The largest absolute Gasteiger partial charge is 0.339 e. The summed E-state index contributed by atoms with van der Waals surface area (Å²) in [7, 11) is 0. The van der Waals surface area contributed by atoms with E-state index in [0.29, 0.717) is 17.1 Å². The summed E-state index contributed by atoms with van der Waals surface area (Å²) in [6.07, 6.45) is 0.970. The van der Waals surface area contributed by atoms with Gasteiger partial charge < -0.3 is 4.90 Å². The second kappa shape index (κ2) is 5.28. The zero-order valence-corrected chi connectivity index (χ0v) is 14.1. The van der Waals surface area contributed by atoms with E-state index in [1.54, 1.807) is 26.0 Å². The van der Waals surface area contributed by atoms with Crippen LogP contribution < -0.4 is 0 Å². The fourth-order valence-electron chi connectivity index (χ4n) is 3.33. The minimum absolute atomic E-state index is 0.0261. The molecule has 1 saturated heterocycles. The number of hydrogen-bond acceptors (Lipinski definition) is 1. The summed E-state index contributed by atoms with van der Waals surface area (Å²) in [6, 6.07) is 4.69. The summed E-state index contributed by atoms with van der Waals surface area (Å²) in [4.78, 5) is 14.8. The molecule has 21 heavy (non-hydrogen) atoms. The number of halogens is 2. The van der Waals surface area contributed by atoms with Gasteiger partial charge in [-0.1, -0.05) is 31.5 Å². The van der Waals surface area contributed by atoms with Gasteiger partial charge in [-0.05, 0) is 44.7 Å². The molecule has 0 spiro atoms. The Labute approximate surface area is 131 Å². The molecule has 0 aromatic heterocycles. The van der Waals surface area contributed by atoms with Crippen molar-refractivity contribution in [2.75, 3.05) is 6.54 Å². The van der Waals surface area contributed by atoms with Crippen LogP contribution in [0.1, 0.15) is 46.6 Å². The van der Waals surface area contributed by atoms with E-state index in [2.05, 4.69) is 20.8 Å². The van der Waals surface area contributed by atoms with E-state index in [9.17, 15) is 9.18 Å². The third-order valence-electron chi connectivity index (χ3n) is 4.38. The van der Waals surface area contributed by atoms with E-state index in [-0.39, 0.29) is 17.4 Å². The minimum Gasteiger partial charge on any atom is -0.339 e. The molecule has 1 aromatic rings. The lowest BCUT2D eigenvalue weighted by Gasteiger charge is -2.33. The zero-order valence-electron chi connectivity index (χ0n) is 13.3. The van der Waals surface area contributed by atoms with E-state index >= 15 is 0 Å². The van der Waals surface area contributed by atoms with Gasteiger partial charge in [0.25, 0.3) is 0 Å². The Morgan fingerprint density at radius 2 is 2.05 bits per heavy atom. The van der Waals surface area contributed by atoms with Crippen molar-refractivity contribution >= 4 is 17.5 Å². The molecule has 1 atom stereocenters. The molecular weight excluding hydrogens is 289 g/mol. The van der Waals surface area contributed by atoms with Crippen LogP contribution in [0.3, 0.4) is 0 Å². The summed E-state index contributed by atoms with van der Waals surface area (Å²) in [5.41, 5.74) is -0.388. The number of hydrogen-bond donors (Lipinski definition) is 0. The molecule has 1 fully saturated rings. The van der Waals surface area contributed by atoms with Crippen molar-refractivity contribution in [1.29, 1.82) is 0 Å². The molecular formula is C17H23ClFNO. The second-order valence-corrected chi connectivity index (χ2v) is 7.84. The molecule has 1 aromatic carbocycles. The van der Waals surface area contributed by atoms with Gasteiger partial charge in [0.1, 0.15) is 5.82 Å². The molecule has 0 saturated carbocycles. The smallest absolute Gasteiger partial charge is 0.233 e. The SMILES string of the molecule is CC1CC(C)(C)CN1C(=O)C(C)(C)c1ccc(Cl)cc1F. The summed E-state index contributed by atoms with van der Waals surface area (Å²) in [5, 5.41) is 0.343. The van der Waals surface area contributed by atoms with Crippen LogP contribution in [0.4, 0.5) is 4.39 Å². The first-order chi connectivity index (χ1) is 9.54. The molecule has 2 rings (SSSR count). The third-order valence-corrected chi connectivity index (χ3v) is 4.61. The van der Waals surface area contributed by atoms with Gasteiger partial charge in [0, 0.05) is 23.2 Å². The van der Waals surface area contributed by atoms with Crippen LogP contribution in [0.15, 0.2) is 18.2 Å². The van der Waals surface area contributed by atoms with E-state index in [0.717, 1.165) is 6.42 Å². The highest BCUT2D eigenvalue weighted by Crippen LogP contribution is 2.38. The van der Waals surface area contributed by atoms with Crippen molar-refractivity contribution in [2.45, 2.75) is 52.5 Å². The third kappa shape index (κ3) is 3.08. The first-order valence-corrected chi connectivity index (χ1v) is 7.69. The Morgan fingerprint density at radius 3 is 2.52 bits per heavy atom. The number of nitrogens with zero attached hydrogens (tertiary/aromatic N) is 1. The first kappa shape index (κ1) is 16.3. The molecule has 1 amide bonds. The number of benzene rings is 1. The van der Waals surface area contributed by atoms with Gasteiger partial charge in [-0.3, -0.25) is 4.79 Å². The number of carbonyl (C=O) groups is 1. The highest BCUT2D eigenvalue weighted by molar-refractivity contribution is 6.30. The average molecular weight is 312 g/mol. The Kier molecular flexibility index (Phi) is 4.09. The van der Waals surface area contributed by atoms with Crippen molar-refractivity contribution in [3.8, 4) is 0 Å². The van der Waals surface area contributed by atoms with Crippen molar-refractivity contribution < 1.29 is 9.18 Å². The molecule has 1 heterocycles. The lowest BCUT2D eigenvalue weighted by molar-refractivity contribution is -0.137. The summed E-state index contributed by atoms with van der Waals surface area (Å²) >= 11 is 5.80. The molecule has 0 N–H and O–H groups in total. The molecule has 1 unspecified atom stereocenters. The average Bonchev–Trinajstić information content (AvgIpc) is 2.61. The van der Waals surface area contributed by atoms with Crippen LogP contribution in [0, 0.1) is 11.2 Å². The van der Waals surface area contributed by atoms with Gasteiger partial charge >= 0.3 is 0 Å². The maximum Gasteiger partial charge on any atom is 0.233 e. The summed E-state index contributed by atoms with van der Waals surface area (Å²) < 4.78 is 14.2. The van der Waals surface area contributed by atoms with Gasteiger partial charge in [-0.25, -0.2) is 4.39 Å². The molecule has 0 aliphatic carbocycles. The van der Waals surface area contributed by atoms with Crippen molar-refractivity contribution in [3.05, 3.63) is 34.6 Å². The van der Waals surface area contributed by atoms with Crippen LogP contribution >= 0.6 is 11.6 Å². The normalized spacial score (nSPS) is 21.7. The van der Waals surface area contributed by atoms with Gasteiger partial charge in [0.2, 0.25) is 5.91 Å². The number of amides is 1. The van der Waals surface area contributed by atoms with Crippen LogP contribution in [0.2, 0.25) is 5.02 Å². The molecule has 0 bridgehead atoms. The van der Waals surface area contributed by atoms with Crippen LogP contribution in [-0.2, 0) is 10.2 Å². The quantitative estimate of drug-likeness (QED) is 0.792. The lowest BCUT2D eigenvalue weighted by atomic mass is 9.82. The monoisotopic (exact) mass is 311 g/mol. The van der Waals surface area contributed by atoms with Crippen molar-refractivity contribution in [1.82, 2.24) is 4.90 Å². The Hall–Kier alpha value is -1.09. The summed E-state index contributed by atoms with van der Waals surface area (Å²) in [5.74, 6) is -0.450. The van der Waals surface area contributed by atoms with Crippen molar-refractivity contribution in [2.24, 2.45) is 5.41 Å². The molecule has 1 aliphatic rings. The zero-order chi connectivity index (χ0) is 16.0. The van der Waals surface area contributed by atoms with Gasteiger partial charge in [0.05, 0.1) is 5.41 Å². The van der Waals surface area contributed by atoms with Crippen molar-refractivity contribution in [3.63, 3.8) is 0 Å². The second-order valence-electron chi connectivity index (χ2n) is 7.40. The Bertz CT molecular complexity index is 568. The molecule has 0 radical (unpaired) electrons. The summed E-state index contributed by atoms with van der Waals surface area (Å²) in [6.45, 7) is 10.6. The fraction of sp³-hybridized carbons (Fsp3) is 0.588. The standard InChI is InChI=1S/C17H23ClFNO/c1-11-9-16(2,3)10-20(11)15(21)17(4,5)13-7-6-12(18)8-14(13)19/h6-8,11H,9-10H2,1-5H3. The van der Waals surface area contributed by atoms with Crippen LogP contribution in [-0.4, -0.2) is 23.4 Å². The van der Waals surface area contributed by atoms with E-state index in [4.69, 9.17) is 11.6 Å². The molecule has 1 aliphatic heterocycles. The van der Waals surface area contributed by atoms with E-state index in [1.165, 1.54) is 6.07 Å². The molecule has 2 nitrogen and oxygen atoms in total. The first-order valence-electron chi connectivity index (χ1n) is 7.31. The predicted octanol–water partition coefficient (Wildman–Crippen LogP) is 4.40. The van der Waals surface area contributed by atoms with E-state index in [1.807, 2.05) is 4.90 Å². The Morgan fingerprint density at radius 1 is 1.43 bits per heavy atom. The maximum absolute atomic E-state index is 14.2. The number of carbonyl (C=O) groups excluding carboxylic acids is 1. The highest BCUT2D eigenvalue weighted by atomic mass is 35.5. The predicted molar refractivity (Wildman–Crippen MR) is 84.0 cm³/mol. The van der Waals surface area contributed by atoms with Gasteiger partial charge in [-0.2, -0.15) is 0 Å².